The topological polar surface area (TPSA) is 76.1 Å². The number of ether oxygens (including phenoxy) is 2. The highest BCUT2D eigenvalue weighted by Gasteiger charge is 2.38. The number of hydrogen-bond acceptors (Lipinski definition) is 5. The molecule has 0 bridgehead atoms. The van der Waals surface area contributed by atoms with Gasteiger partial charge in [0.15, 0.2) is 0 Å². The number of carbonyl (C=O) groups is 2. The van der Waals surface area contributed by atoms with Crippen LogP contribution < -0.4 is 0 Å². The van der Waals surface area contributed by atoms with Crippen molar-refractivity contribution in [1.29, 1.82) is 0 Å². The van der Waals surface area contributed by atoms with Gasteiger partial charge in [-0.2, -0.15) is 0 Å². The summed E-state index contributed by atoms with van der Waals surface area (Å²) in [4.78, 5) is 25.3. The zero-order valence-electron chi connectivity index (χ0n) is 14.7. The van der Waals surface area contributed by atoms with Crippen LogP contribution in [-0.4, -0.2) is 47.9 Å². The van der Waals surface area contributed by atoms with Gasteiger partial charge in [-0.1, -0.05) is 12.1 Å². The Kier molecular flexibility index (Phi) is 5.18. The van der Waals surface area contributed by atoms with E-state index in [-0.39, 0.29) is 6.54 Å². The van der Waals surface area contributed by atoms with E-state index >= 15 is 0 Å². The SMILES string of the molecule is COC(=O)c1ccc(C2(O)CCCN(C(=O)OC(C)(C)C)C2)cc1. The number of carbonyl (C=O) groups excluding carboxylic acids is 2. The van der Waals surface area contributed by atoms with E-state index in [1.807, 2.05) is 20.8 Å². The van der Waals surface area contributed by atoms with Gasteiger partial charge in [0.1, 0.15) is 11.2 Å². The number of benzene rings is 1. The van der Waals surface area contributed by atoms with E-state index in [2.05, 4.69) is 4.74 Å². The van der Waals surface area contributed by atoms with Crippen LogP contribution in [0.4, 0.5) is 4.79 Å². The van der Waals surface area contributed by atoms with Gasteiger partial charge < -0.3 is 19.5 Å². The number of β-amino-alcohol motifs (C(OH)–C–C–N with tert-alkyl or cyclic N) is 1. The third kappa shape index (κ3) is 4.26. The minimum absolute atomic E-state index is 0.166. The minimum atomic E-state index is -1.15. The quantitative estimate of drug-likeness (QED) is 0.841. The van der Waals surface area contributed by atoms with Crippen molar-refractivity contribution < 1.29 is 24.2 Å². The molecule has 0 aromatic heterocycles. The number of methoxy groups -OCH3 is 1. The van der Waals surface area contributed by atoms with Crippen molar-refractivity contribution in [2.24, 2.45) is 0 Å². The first-order valence-electron chi connectivity index (χ1n) is 8.04. The van der Waals surface area contributed by atoms with E-state index < -0.39 is 23.3 Å². The van der Waals surface area contributed by atoms with Crippen LogP contribution in [0.3, 0.4) is 0 Å². The summed E-state index contributed by atoms with van der Waals surface area (Å²) in [6.45, 7) is 6.16. The molecular weight excluding hydrogens is 310 g/mol. The summed E-state index contributed by atoms with van der Waals surface area (Å²) in [5.74, 6) is -0.424. The smallest absolute Gasteiger partial charge is 0.410 e. The molecule has 2 rings (SSSR count). The van der Waals surface area contributed by atoms with Crippen LogP contribution >= 0.6 is 0 Å². The van der Waals surface area contributed by atoms with Crippen LogP contribution in [0.15, 0.2) is 24.3 Å². The molecule has 0 saturated carbocycles. The molecule has 1 fully saturated rings. The fourth-order valence-corrected chi connectivity index (χ4v) is 2.79. The van der Waals surface area contributed by atoms with E-state index in [9.17, 15) is 14.7 Å². The van der Waals surface area contributed by atoms with Gasteiger partial charge in [-0.15, -0.1) is 0 Å². The lowest BCUT2D eigenvalue weighted by Crippen LogP contribution is -2.49. The number of amides is 1. The first kappa shape index (κ1) is 18.3. The fourth-order valence-electron chi connectivity index (χ4n) is 2.79. The van der Waals surface area contributed by atoms with Crippen molar-refractivity contribution >= 4 is 12.1 Å². The Balaban J connectivity index is 2.14. The Hall–Kier alpha value is -2.08. The van der Waals surface area contributed by atoms with E-state index in [0.29, 0.717) is 30.5 Å². The van der Waals surface area contributed by atoms with Gasteiger partial charge in [0.2, 0.25) is 0 Å². The van der Waals surface area contributed by atoms with Crippen LogP contribution in [0.2, 0.25) is 0 Å². The molecule has 132 valence electrons. The van der Waals surface area contributed by atoms with Crippen molar-refractivity contribution in [2.45, 2.75) is 44.8 Å². The summed E-state index contributed by atoms with van der Waals surface area (Å²) in [6.07, 6.45) is 0.796. The van der Waals surface area contributed by atoms with Gasteiger partial charge in [0.25, 0.3) is 0 Å². The summed E-state index contributed by atoms with van der Waals surface area (Å²) in [6, 6.07) is 6.63. The molecule has 0 aliphatic carbocycles. The molecule has 1 unspecified atom stereocenters. The van der Waals surface area contributed by atoms with Crippen LogP contribution in [0.5, 0.6) is 0 Å². The molecule has 1 heterocycles. The fraction of sp³-hybridized carbons (Fsp3) is 0.556. The molecule has 1 N–H and O–H groups in total. The third-order valence-corrected chi connectivity index (χ3v) is 3.97. The molecule has 0 radical (unpaired) electrons. The van der Waals surface area contributed by atoms with Crippen molar-refractivity contribution in [3.05, 3.63) is 35.4 Å². The molecular formula is C18H25NO5. The normalized spacial score (nSPS) is 21.3. The van der Waals surface area contributed by atoms with Gasteiger partial charge in [0, 0.05) is 6.54 Å². The molecule has 24 heavy (non-hydrogen) atoms. The van der Waals surface area contributed by atoms with Gasteiger partial charge in [-0.25, -0.2) is 9.59 Å². The van der Waals surface area contributed by atoms with E-state index in [1.165, 1.54) is 12.0 Å². The first-order chi connectivity index (χ1) is 11.1. The minimum Gasteiger partial charge on any atom is -0.465 e. The van der Waals surface area contributed by atoms with Crippen molar-refractivity contribution in [3.8, 4) is 0 Å². The predicted molar refractivity (Wildman–Crippen MR) is 88.7 cm³/mol. The van der Waals surface area contributed by atoms with E-state index in [0.717, 1.165) is 0 Å². The maximum absolute atomic E-state index is 12.2. The summed E-state index contributed by atoms with van der Waals surface area (Å²) >= 11 is 0. The monoisotopic (exact) mass is 335 g/mol. The Bertz CT molecular complexity index is 605. The second-order valence-corrected chi connectivity index (χ2v) is 7.11. The lowest BCUT2D eigenvalue weighted by atomic mass is 9.85. The number of piperidine rings is 1. The molecule has 6 heteroatoms. The Morgan fingerprint density at radius 2 is 1.83 bits per heavy atom. The number of esters is 1. The molecule has 1 aromatic rings. The van der Waals surface area contributed by atoms with Crippen LogP contribution in [-0.2, 0) is 15.1 Å². The van der Waals surface area contributed by atoms with Gasteiger partial charge in [0.05, 0.1) is 19.2 Å². The second kappa shape index (κ2) is 6.81. The van der Waals surface area contributed by atoms with Crippen molar-refractivity contribution in [3.63, 3.8) is 0 Å². The Morgan fingerprint density at radius 1 is 1.21 bits per heavy atom. The molecule has 1 saturated heterocycles. The largest absolute Gasteiger partial charge is 0.465 e. The third-order valence-electron chi connectivity index (χ3n) is 3.97. The zero-order valence-corrected chi connectivity index (χ0v) is 14.7. The lowest BCUT2D eigenvalue weighted by Gasteiger charge is -2.40. The van der Waals surface area contributed by atoms with Crippen LogP contribution in [0.1, 0.15) is 49.5 Å². The Morgan fingerprint density at radius 3 is 2.38 bits per heavy atom. The summed E-state index contributed by atoms with van der Waals surface area (Å²) in [5.41, 5.74) is -0.633. The highest BCUT2D eigenvalue weighted by Crippen LogP contribution is 2.32. The molecule has 1 aliphatic heterocycles. The Labute approximate surface area is 142 Å². The van der Waals surface area contributed by atoms with E-state index in [1.54, 1.807) is 24.3 Å². The first-order valence-corrected chi connectivity index (χ1v) is 8.04. The molecule has 6 nitrogen and oxygen atoms in total. The average molecular weight is 335 g/mol. The molecule has 1 aliphatic rings. The molecule has 0 spiro atoms. The lowest BCUT2D eigenvalue weighted by molar-refractivity contribution is -0.0465. The highest BCUT2D eigenvalue weighted by molar-refractivity contribution is 5.89. The maximum Gasteiger partial charge on any atom is 0.410 e. The molecule has 1 atom stereocenters. The molecule has 1 amide bonds. The average Bonchev–Trinajstić information content (AvgIpc) is 2.52. The van der Waals surface area contributed by atoms with Crippen molar-refractivity contribution in [1.82, 2.24) is 4.90 Å². The maximum atomic E-state index is 12.2. The number of aliphatic hydroxyl groups is 1. The standard InChI is InChI=1S/C18H25NO5/c1-17(2,3)24-16(21)19-11-5-10-18(22,12-19)14-8-6-13(7-9-14)15(20)23-4/h6-9,22H,5,10-12H2,1-4H3. The number of hydrogen-bond donors (Lipinski definition) is 1. The van der Waals surface area contributed by atoms with Gasteiger partial charge in [-0.3, -0.25) is 0 Å². The van der Waals surface area contributed by atoms with E-state index in [4.69, 9.17) is 4.74 Å². The van der Waals surface area contributed by atoms with Gasteiger partial charge in [-0.05, 0) is 51.3 Å². The number of likely N-dealkylation sites (tertiary alicyclic amines) is 1. The molecule has 1 aromatic carbocycles. The highest BCUT2D eigenvalue weighted by atomic mass is 16.6. The summed E-state index contributed by atoms with van der Waals surface area (Å²) in [5, 5.41) is 11.0. The predicted octanol–water partition coefficient (Wildman–Crippen LogP) is 2.69. The van der Waals surface area contributed by atoms with Crippen molar-refractivity contribution in [2.75, 3.05) is 20.2 Å². The van der Waals surface area contributed by atoms with Gasteiger partial charge >= 0.3 is 12.1 Å². The van der Waals surface area contributed by atoms with Crippen LogP contribution in [0, 0.1) is 0 Å². The summed E-state index contributed by atoms with van der Waals surface area (Å²) in [7, 11) is 1.32. The van der Waals surface area contributed by atoms with Crippen LogP contribution in [0.25, 0.3) is 0 Å². The zero-order chi connectivity index (χ0) is 18.0. The summed E-state index contributed by atoms with van der Waals surface area (Å²) < 4.78 is 10.1. The number of rotatable bonds is 2. The second-order valence-electron chi connectivity index (χ2n) is 7.11. The number of nitrogens with zero attached hydrogens (tertiary/aromatic N) is 1.